The van der Waals surface area contributed by atoms with Crippen LogP contribution in [0, 0.1) is 0 Å². The molecule has 1 aromatic carbocycles. The molecule has 1 saturated heterocycles. The maximum absolute atomic E-state index is 10.8. The van der Waals surface area contributed by atoms with Gasteiger partial charge >= 0.3 is 6.09 Å². The highest BCUT2D eigenvalue weighted by Gasteiger charge is 2.23. The van der Waals surface area contributed by atoms with Crippen LogP contribution in [-0.4, -0.2) is 35.3 Å². The summed E-state index contributed by atoms with van der Waals surface area (Å²) in [4.78, 5) is 12.2. The summed E-state index contributed by atoms with van der Waals surface area (Å²) < 4.78 is 5.77. The molecule has 0 spiro atoms. The number of amides is 1. The van der Waals surface area contributed by atoms with Crippen LogP contribution in [-0.2, 0) is 0 Å². The van der Waals surface area contributed by atoms with Gasteiger partial charge in [0, 0.05) is 31.0 Å². The second kappa shape index (κ2) is 5.35. The number of benzene rings is 1. The van der Waals surface area contributed by atoms with Gasteiger partial charge in [0.15, 0.2) is 0 Å². The SMILES string of the molecule is Nc1cc(Cl)ccc1OC1CCN(C(=O)O)CC1. The summed E-state index contributed by atoms with van der Waals surface area (Å²) in [6.07, 6.45) is 0.478. The number of piperidine rings is 1. The van der Waals surface area contributed by atoms with E-state index in [4.69, 9.17) is 27.2 Å². The number of ether oxygens (including phenoxy) is 1. The Morgan fingerprint density at radius 3 is 2.67 bits per heavy atom. The van der Waals surface area contributed by atoms with Gasteiger partial charge in [-0.15, -0.1) is 0 Å². The zero-order chi connectivity index (χ0) is 13.1. The highest BCUT2D eigenvalue weighted by Crippen LogP contribution is 2.27. The molecule has 1 aliphatic heterocycles. The van der Waals surface area contributed by atoms with E-state index in [0.29, 0.717) is 42.4 Å². The van der Waals surface area contributed by atoms with E-state index in [1.807, 2.05) is 0 Å². The van der Waals surface area contributed by atoms with Crippen molar-refractivity contribution in [2.75, 3.05) is 18.8 Å². The van der Waals surface area contributed by atoms with E-state index in [2.05, 4.69) is 0 Å². The van der Waals surface area contributed by atoms with Gasteiger partial charge in [-0.05, 0) is 18.2 Å². The Labute approximate surface area is 110 Å². The first-order chi connectivity index (χ1) is 8.56. The molecule has 0 aromatic heterocycles. The zero-order valence-electron chi connectivity index (χ0n) is 9.80. The van der Waals surface area contributed by atoms with Crippen LogP contribution < -0.4 is 10.5 Å². The van der Waals surface area contributed by atoms with Crippen molar-refractivity contribution in [3.05, 3.63) is 23.2 Å². The van der Waals surface area contributed by atoms with Crippen LogP contribution in [0.25, 0.3) is 0 Å². The fraction of sp³-hybridized carbons (Fsp3) is 0.417. The summed E-state index contributed by atoms with van der Waals surface area (Å²) in [6.45, 7) is 0.987. The Morgan fingerprint density at radius 2 is 2.11 bits per heavy atom. The number of halogens is 1. The van der Waals surface area contributed by atoms with Crippen molar-refractivity contribution in [1.29, 1.82) is 0 Å². The van der Waals surface area contributed by atoms with Crippen molar-refractivity contribution in [3.8, 4) is 5.75 Å². The lowest BCUT2D eigenvalue weighted by Gasteiger charge is -2.30. The summed E-state index contributed by atoms with van der Waals surface area (Å²) in [5.74, 6) is 0.605. The third-order valence-electron chi connectivity index (χ3n) is 2.98. The van der Waals surface area contributed by atoms with Gasteiger partial charge in [-0.2, -0.15) is 0 Å². The molecule has 1 aliphatic rings. The fourth-order valence-electron chi connectivity index (χ4n) is 1.97. The highest BCUT2D eigenvalue weighted by atomic mass is 35.5. The number of hydrogen-bond acceptors (Lipinski definition) is 3. The van der Waals surface area contributed by atoms with Gasteiger partial charge < -0.3 is 20.5 Å². The number of rotatable bonds is 2. The fourth-order valence-corrected chi connectivity index (χ4v) is 2.15. The molecular formula is C12H15ClN2O3. The molecular weight excluding hydrogens is 256 g/mol. The summed E-state index contributed by atoms with van der Waals surface area (Å²) >= 11 is 5.81. The number of carbonyl (C=O) groups is 1. The van der Waals surface area contributed by atoms with Crippen molar-refractivity contribution in [3.63, 3.8) is 0 Å². The number of nitrogens with zero attached hydrogens (tertiary/aromatic N) is 1. The van der Waals surface area contributed by atoms with Gasteiger partial charge in [0.25, 0.3) is 0 Å². The molecule has 1 heterocycles. The molecule has 98 valence electrons. The quantitative estimate of drug-likeness (QED) is 0.810. The first kappa shape index (κ1) is 12.8. The van der Waals surface area contributed by atoms with Crippen LogP contribution in [0.3, 0.4) is 0 Å². The minimum absolute atomic E-state index is 0.00377. The van der Waals surface area contributed by atoms with Gasteiger partial charge in [0.2, 0.25) is 0 Å². The van der Waals surface area contributed by atoms with Gasteiger partial charge in [-0.25, -0.2) is 4.79 Å². The Kier molecular flexibility index (Phi) is 3.81. The second-order valence-electron chi connectivity index (χ2n) is 4.27. The lowest BCUT2D eigenvalue weighted by Crippen LogP contribution is -2.41. The standard InChI is InChI=1S/C12H15ClN2O3/c13-8-1-2-11(10(14)7-8)18-9-3-5-15(6-4-9)12(16)17/h1-2,7,9H,3-6,14H2,(H,16,17). The third-order valence-corrected chi connectivity index (χ3v) is 3.21. The Balaban J connectivity index is 1.93. The lowest BCUT2D eigenvalue weighted by molar-refractivity contribution is 0.0898. The minimum atomic E-state index is -0.876. The Morgan fingerprint density at radius 1 is 1.44 bits per heavy atom. The minimum Gasteiger partial charge on any atom is -0.488 e. The van der Waals surface area contributed by atoms with Crippen LogP contribution >= 0.6 is 11.6 Å². The van der Waals surface area contributed by atoms with Crippen molar-refractivity contribution in [2.45, 2.75) is 18.9 Å². The van der Waals surface area contributed by atoms with E-state index in [0.717, 1.165) is 0 Å². The third kappa shape index (κ3) is 2.98. The molecule has 0 unspecified atom stereocenters. The van der Waals surface area contributed by atoms with Crippen LogP contribution in [0.4, 0.5) is 10.5 Å². The molecule has 18 heavy (non-hydrogen) atoms. The Bertz CT molecular complexity index is 445. The predicted octanol–water partition coefficient (Wildman–Crippen LogP) is 2.44. The number of carboxylic acid groups (broad SMARTS) is 1. The summed E-state index contributed by atoms with van der Waals surface area (Å²) in [5, 5.41) is 9.41. The molecule has 0 atom stereocenters. The molecule has 1 amide bonds. The van der Waals surface area contributed by atoms with Crippen LogP contribution in [0.1, 0.15) is 12.8 Å². The average molecular weight is 271 g/mol. The molecule has 5 nitrogen and oxygen atoms in total. The summed E-state index contributed by atoms with van der Waals surface area (Å²) in [6, 6.07) is 5.10. The maximum atomic E-state index is 10.8. The number of hydrogen-bond donors (Lipinski definition) is 2. The first-order valence-electron chi connectivity index (χ1n) is 5.76. The van der Waals surface area contributed by atoms with Gasteiger partial charge in [-0.1, -0.05) is 11.6 Å². The van der Waals surface area contributed by atoms with E-state index < -0.39 is 6.09 Å². The molecule has 0 saturated carbocycles. The molecule has 6 heteroatoms. The largest absolute Gasteiger partial charge is 0.488 e. The van der Waals surface area contributed by atoms with Gasteiger partial charge in [0.1, 0.15) is 11.9 Å². The molecule has 0 radical (unpaired) electrons. The van der Waals surface area contributed by atoms with Crippen molar-refractivity contribution < 1.29 is 14.6 Å². The van der Waals surface area contributed by atoms with E-state index in [1.54, 1.807) is 18.2 Å². The number of anilines is 1. The molecule has 0 aliphatic carbocycles. The molecule has 1 fully saturated rings. The average Bonchev–Trinajstić information content (AvgIpc) is 2.33. The Hall–Kier alpha value is -1.62. The monoisotopic (exact) mass is 270 g/mol. The van der Waals surface area contributed by atoms with Crippen molar-refractivity contribution >= 4 is 23.4 Å². The topological polar surface area (TPSA) is 75.8 Å². The van der Waals surface area contributed by atoms with E-state index in [9.17, 15) is 4.79 Å². The van der Waals surface area contributed by atoms with E-state index in [-0.39, 0.29) is 6.10 Å². The van der Waals surface area contributed by atoms with Crippen LogP contribution in [0.5, 0.6) is 5.75 Å². The van der Waals surface area contributed by atoms with Crippen molar-refractivity contribution in [1.82, 2.24) is 4.90 Å². The number of likely N-dealkylation sites (tertiary alicyclic amines) is 1. The number of nitrogens with two attached hydrogens (primary N) is 1. The molecule has 2 rings (SSSR count). The van der Waals surface area contributed by atoms with Crippen LogP contribution in [0.15, 0.2) is 18.2 Å². The first-order valence-corrected chi connectivity index (χ1v) is 6.13. The highest BCUT2D eigenvalue weighted by molar-refractivity contribution is 6.30. The molecule has 0 bridgehead atoms. The predicted molar refractivity (Wildman–Crippen MR) is 69.1 cm³/mol. The van der Waals surface area contributed by atoms with Crippen molar-refractivity contribution in [2.24, 2.45) is 0 Å². The summed E-state index contributed by atoms with van der Waals surface area (Å²) in [7, 11) is 0. The number of nitrogen functional groups attached to an aromatic ring is 1. The van der Waals surface area contributed by atoms with E-state index >= 15 is 0 Å². The maximum Gasteiger partial charge on any atom is 0.407 e. The van der Waals surface area contributed by atoms with Crippen LogP contribution in [0.2, 0.25) is 5.02 Å². The second-order valence-corrected chi connectivity index (χ2v) is 4.71. The lowest BCUT2D eigenvalue weighted by atomic mass is 10.1. The normalized spacial score (nSPS) is 16.6. The van der Waals surface area contributed by atoms with Gasteiger partial charge in [-0.3, -0.25) is 0 Å². The summed E-state index contributed by atoms with van der Waals surface area (Å²) in [5.41, 5.74) is 6.30. The molecule has 3 N–H and O–H groups in total. The van der Waals surface area contributed by atoms with Gasteiger partial charge in [0.05, 0.1) is 5.69 Å². The zero-order valence-corrected chi connectivity index (χ0v) is 10.6. The molecule has 1 aromatic rings. The smallest absolute Gasteiger partial charge is 0.407 e. The van der Waals surface area contributed by atoms with E-state index in [1.165, 1.54) is 4.90 Å².